The van der Waals surface area contributed by atoms with Gasteiger partial charge in [0.2, 0.25) is 0 Å². The van der Waals surface area contributed by atoms with Crippen LogP contribution in [0, 0.1) is 0 Å². The van der Waals surface area contributed by atoms with Crippen LogP contribution in [0.1, 0.15) is 10.4 Å². The molecule has 20 heavy (non-hydrogen) atoms. The monoisotopic (exact) mass is 285 g/mol. The molecule has 6 nitrogen and oxygen atoms in total. The first-order chi connectivity index (χ1) is 9.78. The molecular formula is C13H11N5OS. The Bertz CT molecular complexity index is 737. The SMILES string of the molecule is NNc1ncccc1C(=O)Nc1nc2ccccc2s1. The fraction of sp³-hybridized carbons (Fsp3) is 0. The van der Waals surface area contributed by atoms with Gasteiger partial charge < -0.3 is 5.43 Å². The number of anilines is 2. The third-order valence-corrected chi connectivity index (χ3v) is 3.66. The average molecular weight is 285 g/mol. The van der Waals surface area contributed by atoms with E-state index in [1.165, 1.54) is 11.3 Å². The number of nitrogens with zero attached hydrogens (tertiary/aromatic N) is 2. The van der Waals surface area contributed by atoms with Crippen molar-refractivity contribution in [3.05, 3.63) is 48.2 Å². The van der Waals surface area contributed by atoms with E-state index in [-0.39, 0.29) is 5.91 Å². The van der Waals surface area contributed by atoms with Crippen molar-refractivity contribution in [1.82, 2.24) is 9.97 Å². The van der Waals surface area contributed by atoms with Crippen LogP contribution in [0.5, 0.6) is 0 Å². The quantitative estimate of drug-likeness (QED) is 0.507. The van der Waals surface area contributed by atoms with Gasteiger partial charge in [0.15, 0.2) is 10.9 Å². The zero-order chi connectivity index (χ0) is 13.9. The number of benzene rings is 1. The van der Waals surface area contributed by atoms with Crippen molar-refractivity contribution in [2.24, 2.45) is 5.84 Å². The summed E-state index contributed by atoms with van der Waals surface area (Å²) in [5.41, 5.74) is 3.63. The minimum atomic E-state index is -0.301. The van der Waals surface area contributed by atoms with Gasteiger partial charge >= 0.3 is 0 Å². The van der Waals surface area contributed by atoms with Gasteiger partial charge in [-0.3, -0.25) is 10.1 Å². The van der Waals surface area contributed by atoms with E-state index >= 15 is 0 Å². The van der Waals surface area contributed by atoms with E-state index in [1.54, 1.807) is 18.3 Å². The molecule has 0 bridgehead atoms. The van der Waals surface area contributed by atoms with E-state index in [2.05, 4.69) is 20.7 Å². The summed E-state index contributed by atoms with van der Waals surface area (Å²) in [6.07, 6.45) is 1.56. The molecule has 1 amide bonds. The Balaban J connectivity index is 1.88. The standard InChI is InChI=1S/C13H11N5OS/c14-18-11-8(4-3-7-15-11)12(19)17-13-16-9-5-1-2-6-10(9)20-13/h1-7H,14H2,(H,15,18)(H,16,17,19). The van der Waals surface area contributed by atoms with Crippen LogP contribution in [0.15, 0.2) is 42.6 Å². The molecule has 100 valence electrons. The molecule has 3 aromatic rings. The number of nitrogen functional groups attached to an aromatic ring is 1. The molecule has 3 rings (SSSR count). The fourth-order valence-corrected chi connectivity index (χ4v) is 2.65. The molecule has 7 heteroatoms. The van der Waals surface area contributed by atoms with Crippen molar-refractivity contribution in [2.45, 2.75) is 0 Å². The molecule has 4 N–H and O–H groups in total. The molecule has 0 aliphatic carbocycles. The lowest BCUT2D eigenvalue weighted by atomic mass is 10.2. The number of fused-ring (bicyclic) bond motifs is 1. The second-order valence-electron chi connectivity index (χ2n) is 3.98. The number of hydrogen-bond acceptors (Lipinski definition) is 6. The van der Waals surface area contributed by atoms with Crippen molar-refractivity contribution < 1.29 is 4.79 Å². The lowest BCUT2D eigenvalue weighted by molar-refractivity contribution is 0.102. The van der Waals surface area contributed by atoms with Gasteiger partial charge in [0, 0.05) is 6.20 Å². The van der Waals surface area contributed by atoms with Crippen LogP contribution in [-0.2, 0) is 0 Å². The number of para-hydroxylation sites is 1. The maximum Gasteiger partial charge on any atom is 0.261 e. The lowest BCUT2D eigenvalue weighted by Gasteiger charge is -2.06. The van der Waals surface area contributed by atoms with E-state index in [4.69, 9.17) is 5.84 Å². The first-order valence-corrected chi connectivity index (χ1v) is 6.68. The number of nitrogens with one attached hydrogen (secondary N) is 2. The van der Waals surface area contributed by atoms with Crippen LogP contribution in [-0.4, -0.2) is 15.9 Å². The van der Waals surface area contributed by atoms with E-state index in [0.717, 1.165) is 10.2 Å². The van der Waals surface area contributed by atoms with E-state index in [1.807, 2.05) is 24.3 Å². The van der Waals surface area contributed by atoms with Gasteiger partial charge in [0.05, 0.1) is 15.8 Å². The number of carbonyl (C=O) groups excluding carboxylic acids is 1. The summed E-state index contributed by atoms with van der Waals surface area (Å²) < 4.78 is 1.02. The van der Waals surface area contributed by atoms with E-state index < -0.39 is 0 Å². The number of hydrogen-bond donors (Lipinski definition) is 3. The molecule has 0 aliphatic heterocycles. The summed E-state index contributed by atoms with van der Waals surface area (Å²) >= 11 is 1.42. The van der Waals surface area contributed by atoms with Gasteiger partial charge in [-0.05, 0) is 24.3 Å². The van der Waals surface area contributed by atoms with Crippen LogP contribution >= 0.6 is 11.3 Å². The van der Waals surface area contributed by atoms with Crippen molar-refractivity contribution in [3.63, 3.8) is 0 Å². The summed E-state index contributed by atoms with van der Waals surface area (Å²) in [5, 5.41) is 3.30. The molecule has 0 saturated heterocycles. The van der Waals surface area contributed by atoms with Crippen LogP contribution in [0.4, 0.5) is 10.9 Å². The number of pyridine rings is 1. The maximum absolute atomic E-state index is 12.2. The topological polar surface area (TPSA) is 92.9 Å². The molecule has 0 fully saturated rings. The minimum Gasteiger partial charge on any atom is -0.308 e. The number of aromatic nitrogens is 2. The Morgan fingerprint density at radius 1 is 1.20 bits per heavy atom. The number of carbonyl (C=O) groups is 1. The smallest absolute Gasteiger partial charge is 0.261 e. The zero-order valence-electron chi connectivity index (χ0n) is 10.3. The van der Waals surface area contributed by atoms with Gasteiger partial charge in [-0.1, -0.05) is 23.5 Å². The lowest BCUT2D eigenvalue weighted by Crippen LogP contribution is -2.18. The Morgan fingerprint density at radius 3 is 2.85 bits per heavy atom. The van der Waals surface area contributed by atoms with E-state index in [9.17, 15) is 4.79 Å². The summed E-state index contributed by atoms with van der Waals surface area (Å²) in [7, 11) is 0. The molecular weight excluding hydrogens is 274 g/mol. The highest BCUT2D eigenvalue weighted by molar-refractivity contribution is 7.22. The van der Waals surface area contributed by atoms with Gasteiger partial charge in [-0.15, -0.1) is 0 Å². The normalized spacial score (nSPS) is 10.4. The Labute approximate surface area is 118 Å². The number of thiazole rings is 1. The predicted molar refractivity (Wildman–Crippen MR) is 79.6 cm³/mol. The molecule has 0 aliphatic rings. The van der Waals surface area contributed by atoms with E-state index in [0.29, 0.717) is 16.5 Å². The third kappa shape index (κ3) is 2.31. The second kappa shape index (κ2) is 5.24. The van der Waals surface area contributed by atoms with Crippen LogP contribution in [0.25, 0.3) is 10.2 Å². The minimum absolute atomic E-state index is 0.301. The average Bonchev–Trinajstić information content (AvgIpc) is 2.89. The van der Waals surface area contributed by atoms with Gasteiger partial charge in [-0.2, -0.15) is 0 Å². The van der Waals surface area contributed by atoms with Crippen LogP contribution in [0.2, 0.25) is 0 Å². The second-order valence-corrected chi connectivity index (χ2v) is 5.02. The van der Waals surface area contributed by atoms with Gasteiger partial charge in [0.1, 0.15) is 0 Å². The van der Waals surface area contributed by atoms with Gasteiger partial charge in [0.25, 0.3) is 5.91 Å². The summed E-state index contributed by atoms with van der Waals surface area (Å²) in [6, 6.07) is 11.0. The molecule has 2 heterocycles. The molecule has 0 radical (unpaired) electrons. The van der Waals surface area contributed by atoms with Crippen LogP contribution in [0.3, 0.4) is 0 Å². The molecule has 0 spiro atoms. The molecule has 0 atom stereocenters. The van der Waals surface area contributed by atoms with Crippen molar-refractivity contribution in [2.75, 3.05) is 10.7 Å². The number of amides is 1. The highest BCUT2D eigenvalue weighted by Gasteiger charge is 2.13. The largest absolute Gasteiger partial charge is 0.308 e. The Hall–Kier alpha value is -2.51. The number of nitrogens with two attached hydrogens (primary N) is 1. The van der Waals surface area contributed by atoms with Crippen LogP contribution < -0.4 is 16.6 Å². The first-order valence-electron chi connectivity index (χ1n) is 5.86. The molecule has 1 aromatic carbocycles. The summed E-state index contributed by atoms with van der Waals surface area (Å²) in [4.78, 5) is 20.5. The highest BCUT2D eigenvalue weighted by atomic mass is 32.1. The first kappa shape index (κ1) is 12.5. The summed E-state index contributed by atoms with van der Waals surface area (Å²) in [5.74, 6) is 5.36. The number of rotatable bonds is 3. The molecule has 0 unspecified atom stereocenters. The highest BCUT2D eigenvalue weighted by Crippen LogP contribution is 2.26. The third-order valence-electron chi connectivity index (χ3n) is 2.70. The summed E-state index contributed by atoms with van der Waals surface area (Å²) in [6.45, 7) is 0. The predicted octanol–water partition coefficient (Wildman–Crippen LogP) is 2.23. The van der Waals surface area contributed by atoms with Crippen molar-refractivity contribution in [3.8, 4) is 0 Å². The fourth-order valence-electron chi connectivity index (χ4n) is 1.79. The molecule has 0 saturated carbocycles. The Kier molecular flexibility index (Phi) is 3.28. The van der Waals surface area contributed by atoms with Gasteiger partial charge in [-0.25, -0.2) is 15.8 Å². The van der Waals surface area contributed by atoms with Crippen molar-refractivity contribution in [1.29, 1.82) is 0 Å². The Morgan fingerprint density at radius 2 is 2.05 bits per heavy atom. The maximum atomic E-state index is 12.2. The molecule has 2 aromatic heterocycles. The number of hydrazine groups is 1. The van der Waals surface area contributed by atoms with Crippen molar-refractivity contribution >= 4 is 38.4 Å². The zero-order valence-corrected chi connectivity index (χ0v) is 11.1.